The largest absolute Gasteiger partial charge is 0.491 e. The van der Waals surface area contributed by atoms with Gasteiger partial charge in [-0.3, -0.25) is 9.69 Å². The molecule has 0 bridgehead atoms. The van der Waals surface area contributed by atoms with E-state index in [4.69, 9.17) is 4.74 Å². The van der Waals surface area contributed by atoms with Crippen LogP contribution in [0.4, 0.5) is 0 Å². The molecule has 0 radical (unpaired) electrons. The van der Waals surface area contributed by atoms with E-state index < -0.39 is 5.60 Å². The summed E-state index contributed by atoms with van der Waals surface area (Å²) in [5.41, 5.74) is -0.806. The highest BCUT2D eigenvalue weighted by Crippen LogP contribution is 2.23. The van der Waals surface area contributed by atoms with Crippen LogP contribution in [-0.2, 0) is 4.79 Å². The fourth-order valence-electron chi connectivity index (χ4n) is 2.63. The van der Waals surface area contributed by atoms with Crippen LogP contribution in [0.5, 0.6) is 5.75 Å². The van der Waals surface area contributed by atoms with Crippen molar-refractivity contribution in [2.45, 2.75) is 44.8 Å². The summed E-state index contributed by atoms with van der Waals surface area (Å²) in [6, 6.07) is 9.75. The summed E-state index contributed by atoms with van der Waals surface area (Å²) in [5.74, 6) is 0.835. The maximum absolute atomic E-state index is 11.9. The summed E-state index contributed by atoms with van der Waals surface area (Å²) in [7, 11) is 0. The summed E-state index contributed by atoms with van der Waals surface area (Å²) >= 11 is 0. The predicted octanol–water partition coefficient (Wildman–Crippen LogP) is 1.81. The second kappa shape index (κ2) is 8.31. The Morgan fingerprint density at radius 2 is 2.00 bits per heavy atom. The van der Waals surface area contributed by atoms with Crippen molar-refractivity contribution >= 4 is 5.91 Å². The summed E-state index contributed by atoms with van der Waals surface area (Å²) in [6.07, 6.45) is 2.18. The van der Waals surface area contributed by atoms with Crippen LogP contribution in [0.15, 0.2) is 30.3 Å². The fraction of sp³-hybridized carbons (Fsp3) is 0.611. The van der Waals surface area contributed by atoms with Crippen molar-refractivity contribution in [1.82, 2.24) is 10.2 Å². The molecule has 1 fully saturated rings. The third kappa shape index (κ3) is 5.84. The third-order valence-corrected chi connectivity index (χ3v) is 4.42. The fourth-order valence-corrected chi connectivity index (χ4v) is 2.63. The number of carbonyl (C=O) groups excluding carboxylic acids is 1. The number of amides is 1. The van der Waals surface area contributed by atoms with Gasteiger partial charge in [0, 0.05) is 19.1 Å². The van der Waals surface area contributed by atoms with Crippen LogP contribution in [0.25, 0.3) is 0 Å². The van der Waals surface area contributed by atoms with Gasteiger partial charge in [-0.2, -0.15) is 0 Å². The van der Waals surface area contributed by atoms with Crippen LogP contribution in [0.3, 0.4) is 0 Å². The molecule has 0 saturated carbocycles. The minimum Gasteiger partial charge on any atom is -0.491 e. The summed E-state index contributed by atoms with van der Waals surface area (Å²) in [5, 5.41) is 13.6. The molecule has 1 heterocycles. The molecule has 2 N–H and O–H groups in total. The highest BCUT2D eigenvalue weighted by atomic mass is 16.5. The first kappa shape index (κ1) is 17.8. The highest BCUT2D eigenvalue weighted by molar-refractivity contribution is 5.78. The zero-order valence-corrected chi connectivity index (χ0v) is 14.1. The molecule has 2 rings (SSSR count). The molecule has 1 aromatic rings. The SMILES string of the molecule is CCC(C)NC(=O)CN1CCC(O)(COc2ccccc2)CC1. The lowest BCUT2D eigenvalue weighted by Gasteiger charge is -2.37. The van der Waals surface area contributed by atoms with Crippen LogP contribution in [0.2, 0.25) is 0 Å². The van der Waals surface area contributed by atoms with E-state index in [1.807, 2.05) is 37.3 Å². The number of aliphatic hydroxyl groups is 1. The predicted molar refractivity (Wildman–Crippen MR) is 90.5 cm³/mol. The first-order valence-corrected chi connectivity index (χ1v) is 8.43. The Morgan fingerprint density at radius 1 is 1.35 bits per heavy atom. The zero-order chi connectivity index (χ0) is 16.7. The van der Waals surface area contributed by atoms with Crippen LogP contribution < -0.4 is 10.1 Å². The smallest absolute Gasteiger partial charge is 0.234 e. The third-order valence-electron chi connectivity index (χ3n) is 4.42. The first-order chi connectivity index (χ1) is 11.0. The molecular weight excluding hydrogens is 292 g/mol. The van der Waals surface area contributed by atoms with Crippen LogP contribution in [0.1, 0.15) is 33.1 Å². The molecule has 5 heteroatoms. The van der Waals surface area contributed by atoms with E-state index in [0.29, 0.717) is 39.1 Å². The molecule has 23 heavy (non-hydrogen) atoms. The number of piperidine rings is 1. The lowest BCUT2D eigenvalue weighted by atomic mass is 9.92. The van der Waals surface area contributed by atoms with E-state index in [2.05, 4.69) is 17.1 Å². The molecular formula is C18H28N2O3. The van der Waals surface area contributed by atoms with E-state index in [-0.39, 0.29) is 11.9 Å². The second-order valence-electron chi connectivity index (χ2n) is 6.48. The number of benzene rings is 1. The molecule has 1 unspecified atom stereocenters. The van der Waals surface area contributed by atoms with Gasteiger partial charge in [-0.05, 0) is 38.3 Å². The van der Waals surface area contributed by atoms with Gasteiger partial charge in [-0.1, -0.05) is 25.1 Å². The lowest BCUT2D eigenvalue weighted by molar-refractivity contribution is -0.124. The Morgan fingerprint density at radius 3 is 2.61 bits per heavy atom. The molecule has 0 aliphatic carbocycles. The molecule has 0 spiro atoms. The van der Waals surface area contributed by atoms with Crippen molar-refractivity contribution in [3.63, 3.8) is 0 Å². The monoisotopic (exact) mass is 320 g/mol. The molecule has 5 nitrogen and oxygen atoms in total. The van der Waals surface area contributed by atoms with Crippen LogP contribution >= 0.6 is 0 Å². The van der Waals surface area contributed by atoms with Gasteiger partial charge in [0.15, 0.2) is 0 Å². The van der Waals surface area contributed by atoms with Crippen molar-refractivity contribution in [2.24, 2.45) is 0 Å². The Hall–Kier alpha value is -1.59. The lowest BCUT2D eigenvalue weighted by Crippen LogP contribution is -2.50. The molecule has 1 aliphatic heterocycles. The number of nitrogens with zero attached hydrogens (tertiary/aromatic N) is 1. The van der Waals surface area contributed by atoms with E-state index >= 15 is 0 Å². The molecule has 128 valence electrons. The second-order valence-corrected chi connectivity index (χ2v) is 6.48. The first-order valence-electron chi connectivity index (χ1n) is 8.43. The van der Waals surface area contributed by atoms with E-state index in [0.717, 1.165) is 12.2 Å². The zero-order valence-electron chi connectivity index (χ0n) is 14.1. The average molecular weight is 320 g/mol. The summed E-state index contributed by atoms with van der Waals surface area (Å²) in [4.78, 5) is 14.0. The van der Waals surface area contributed by atoms with Gasteiger partial charge in [0.05, 0.1) is 6.54 Å². The van der Waals surface area contributed by atoms with E-state index in [1.54, 1.807) is 0 Å². The van der Waals surface area contributed by atoms with Gasteiger partial charge in [0.1, 0.15) is 18.0 Å². The number of rotatable bonds is 7. The maximum atomic E-state index is 11.9. The van der Waals surface area contributed by atoms with Gasteiger partial charge in [-0.15, -0.1) is 0 Å². The van der Waals surface area contributed by atoms with Crippen LogP contribution in [-0.4, -0.2) is 53.8 Å². The number of ether oxygens (including phenoxy) is 1. The molecule has 1 aliphatic rings. The van der Waals surface area contributed by atoms with Crippen molar-refractivity contribution in [3.8, 4) is 5.75 Å². The number of carbonyl (C=O) groups is 1. The van der Waals surface area contributed by atoms with Crippen molar-refractivity contribution in [3.05, 3.63) is 30.3 Å². The van der Waals surface area contributed by atoms with Gasteiger partial charge in [0.2, 0.25) is 5.91 Å². The van der Waals surface area contributed by atoms with E-state index in [1.165, 1.54) is 0 Å². The van der Waals surface area contributed by atoms with Gasteiger partial charge >= 0.3 is 0 Å². The summed E-state index contributed by atoms with van der Waals surface area (Å²) < 4.78 is 5.68. The van der Waals surface area contributed by atoms with E-state index in [9.17, 15) is 9.90 Å². The minimum absolute atomic E-state index is 0.0605. The Bertz CT molecular complexity index is 484. The number of hydrogen-bond donors (Lipinski definition) is 2. The van der Waals surface area contributed by atoms with Gasteiger partial charge in [-0.25, -0.2) is 0 Å². The van der Waals surface area contributed by atoms with Crippen molar-refractivity contribution in [1.29, 1.82) is 0 Å². The number of para-hydroxylation sites is 1. The minimum atomic E-state index is -0.806. The van der Waals surface area contributed by atoms with Crippen molar-refractivity contribution < 1.29 is 14.6 Å². The topological polar surface area (TPSA) is 61.8 Å². The Labute approximate surface area is 138 Å². The quantitative estimate of drug-likeness (QED) is 0.804. The maximum Gasteiger partial charge on any atom is 0.234 e. The molecule has 1 atom stereocenters. The van der Waals surface area contributed by atoms with Crippen molar-refractivity contribution in [2.75, 3.05) is 26.2 Å². The summed E-state index contributed by atoms with van der Waals surface area (Å²) in [6.45, 7) is 6.18. The molecule has 1 amide bonds. The number of hydrogen-bond acceptors (Lipinski definition) is 4. The standard InChI is InChI=1S/C18H28N2O3/c1-3-15(2)19-17(21)13-20-11-9-18(22,10-12-20)14-23-16-7-5-4-6-8-16/h4-8,15,22H,3,9-14H2,1-2H3,(H,19,21). The van der Waals surface area contributed by atoms with Gasteiger partial charge in [0.25, 0.3) is 0 Å². The Balaban J connectivity index is 1.73. The molecule has 0 aromatic heterocycles. The van der Waals surface area contributed by atoms with Crippen LogP contribution in [0, 0.1) is 0 Å². The highest BCUT2D eigenvalue weighted by Gasteiger charge is 2.33. The molecule has 1 aromatic carbocycles. The normalized spacial score (nSPS) is 19.1. The number of likely N-dealkylation sites (tertiary alicyclic amines) is 1. The average Bonchev–Trinajstić information content (AvgIpc) is 2.56. The molecule has 1 saturated heterocycles. The Kier molecular flexibility index (Phi) is 6.42. The number of nitrogens with one attached hydrogen (secondary N) is 1. The van der Waals surface area contributed by atoms with Gasteiger partial charge < -0.3 is 15.2 Å².